The van der Waals surface area contributed by atoms with E-state index in [1.54, 1.807) is 16.3 Å². The molecule has 0 aliphatic carbocycles. The van der Waals surface area contributed by atoms with Crippen LogP contribution in [-0.4, -0.2) is 66.6 Å². The van der Waals surface area contributed by atoms with Gasteiger partial charge in [-0.15, -0.1) is 11.3 Å². The Kier molecular flexibility index (Phi) is 8.91. The molecule has 0 spiro atoms. The van der Waals surface area contributed by atoms with Crippen LogP contribution in [0.4, 0.5) is 5.69 Å². The van der Waals surface area contributed by atoms with Gasteiger partial charge in [0, 0.05) is 55.6 Å². The van der Waals surface area contributed by atoms with Crippen LogP contribution in [0.2, 0.25) is 0 Å². The Labute approximate surface area is 223 Å². The fourth-order valence-corrected chi connectivity index (χ4v) is 5.24. The quantitative estimate of drug-likeness (QED) is 0.378. The smallest absolute Gasteiger partial charge is 0.256 e. The molecule has 0 saturated heterocycles. The van der Waals surface area contributed by atoms with E-state index in [0.29, 0.717) is 26.2 Å². The molecule has 9 heteroatoms. The highest BCUT2D eigenvalue weighted by atomic mass is 32.1. The van der Waals surface area contributed by atoms with Crippen molar-refractivity contribution in [2.45, 2.75) is 33.9 Å². The molecule has 0 atom stereocenters. The molecule has 0 unspecified atom stereocenters. The number of aromatic nitrogens is 1. The number of hydrogen-bond donors (Lipinski definition) is 2. The predicted molar refractivity (Wildman–Crippen MR) is 149 cm³/mol. The van der Waals surface area contributed by atoms with Gasteiger partial charge in [-0.2, -0.15) is 0 Å². The van der Waals surface area contributed by atoms with Crippen molar-refractivity contribution < 1.29 is 9.59 Å². The van der Waals surface area contributed by atoms with E-state index < -0.39 is 0 Å². The number of rotatable bonds is 11. The first kappa shape index (κ1) is 26.8. The lowest BCUT2D eigenvalue weighted by molar-refractivity contribution is -0.145. The van der Waals surface area contributed by atoms with Crippen molar-refractivity contribution in [1.29, 1.82) is 0 Å². The van der Waals surface area contributed by atoms with Crippen molar-refractivity contribution in [3.63, 3.8) is 0 Å². The number of likely N-dealkylation sites (N-methyl/N-ethyl adjacent to an activating group) is 2. The van der Waals surface area contributed by atoms with Gasteiger partial charge in [0.2, 0.25) is 5.91 Å². The van der Waals surface area contributed by atoms with Crippen LogP contribution < -0.4 is 15.5 Å². The summed E-state index contributed by atoms with van der Waals surface area (Å²) in [5.41, 5.74) is 6.29. The number of thiazole rings is 1. The molecule has 2 aromatic carbocycles. The van der Waals surface area contributed by atoms with Crippen molar-refractivity contribution in [2.75, 3.05) is 44.7 Å². The second kappa shape index (κ2) is 12.3. The Morgan fingerprint density at radius 2 is 1.78 bits per heavy atom. The molecule has 0 radical (unpaired) electrons. The number of aryl methyl sites for hydroxylation is 2. The third-order valence-corrected chi connectivity index (χ3v) is 7.57. The second-order valence-corrected chi connectivity index (χ2v) is 10.2. The maximum absolute atomic E-state index is 13.5. The number of anilines is 1. The number of fused-ring (bicyclic) bond motifs is 1. The van der Waals surface area contributed by atoms with E-state index in [4.69, 9.17) is 0 Å². The van der Waals surface area contributed by atoms with Gasteiger partial charge < -0.3 is 15.5 Å². The average molecular weight is 521 g/mol. The summed E-state index contributed by atoms with van der Waals surface area (Å²) in [6.45, 7) is 9.68. The fourth-order valence-electron chi connectivity index (χ4n) is 4.44. The fraction of sp³-hybridized carbons (Fsp3) is 0.393. The zero-order valence-electron chi connectivity index (χ0n) is 22.1. The second-order valence-electron chi connectivity index (χ2n) is 9.36. The maximum Gasteiger partial charge on any atom is 0.256 e. The molecule has 1 aliphatic rings. The standard InChI is InChI=1S/C28H36N6O2S/c1-5-29-12-13-30-26(35)17-33(25-14-22(11-10-20(25)2)28-31-21(3)19-37-28)18-27(36)32(4)34-15-23-8-6-7-9-24(23)16-34/h6-11,14,19,29H,5,12-13,15-18H2,1-4H3,(H,30,35). The summed E-state index contributed by atoms with van der Waals surface area (Å²) in [5, 5.41) is 12.9. The normalized spacial score (nSPS) is 12.9. The Hall–Kier alpha value is -3.27. The molecule has 2 heterocycles. The molecular weight excluding hydrogens is 484 g/mol. The van der Waals surface area contributed by atoms with Gasteiger partial charge in [0.15, 0.2) is 0 Å². The van der Waals surface area contributed by atoms with Crippen molar-refractivity contribution >= 4 is 28.8 Å². The van der Waals surface area contributed by atoms with Crippen LogP contribution in [0.15, 0.2) is 47.8 Å². The summed E-state index contributed by atoms with van der Waals surface area (Å²) in [6, 6.07) is 14.4. The number of amides is 2. The molecule has 1 aliphatic heterocycles. The van der Waals surface area contributed by atoms with Crippen LogP contribution in [-0.2, 0) is 22.7 Å². The zero-order chi connectivity index (χ0) is 26.4. The van der Waals surface area contributed by atoms with Crippen LogP contribution in [0.1, 0.15) is 29.3 Å². The van der Waals surface area contributed by atoms with Crippen LogP contribution in [0.25, 0.3) is 10.6 Å². The van der Waals surface area contributed by atoms with Gasteiger partial charge in [-0.25, -0.2) is 9.99 Å². The minimum absolute atomic E-state index is 0.0665. The predicted octanol–water partition coefficient (Wildman–Crippen LogP) is 3.35. The lowest BCUT2D eigenvalue weighted by Crippen LogP contribution is -2.48. The van der Waals surface area contributed by atoms with E-state index in [0.717, 1.165) is 34.1 Å². The minimum atomic E-state index is -0.114. The largest absolute Gasteiger partial charge is 0.353 e. The van der Waals surface area contributed by atoms with Gasteiger partial charge in [-0.05, 0) is 43.1 Å². The number of hydrazine groups is 1. The molecule has 3 aromatic rings. The average Bonchev–Trinajstić information content (AvgIpc) is 3.52. The highest BCUT2D eigenvalue weighted by Crippen LogP contribution is 2.30. The first-order valence-corrected chi connectivity index (χ1v) is 13.6. The Morgan fingerprint density at radius 3 is 2.43 bits per heavy atom. The Balaban J connectivity index is 1.53. The molecule has 0 fully saturated rings. The van der Waals surface area contributed by atoms with E-state index in [1.807, 2.05) is 73.4 Å². The molecule has 8 nitrogen and oxygen atoms in total. The molecule has 196 valence electrons. The van der Waals surface area contributed by atoms with Gasteiger partial charge in [0.1, 0.15) is 5.01 Å². The lowest BCUT2D eigenvalue weighted by Gasteiger charge is -2.32. The molecule has 2 N–H and O–H groups in total. The number of carbonyl (C=O) groups is 2. The first-order chi connectivity index (χ1) is 17.9. The number of hydrogen-bond acceptors (Lipinski definition) is 7. The van der Waals surface area contributed by atoms with Crippen molar-refractivity contribution in [1.82, 2.24) is 25.6 Å². The summed E-state index contributed by atoms with van der Waals surface area (Å²) in [7, 11) is 1.81. The lowest BCUT2D eigenvalue weighted by atomic mass is 10.1. The van der Waals surface area contributed by atoms with E-state index in [9.17, 15) is 9.59 Å². The monoisotopic (exact) mass is 520 g/mol. The van der Waals surface area contributed by atoms with E-state index >= 15 is 0 Å². The summed E-state index contributed by atoms with van der Waals surface area (Å²) in [5.74, 6) is -0.181. The maximum atomic E-state index is 13.5. The number of nitrogens with zero attached hydrogens (tertiary/aromatic N) is 4. The van der Waals surface area contributed by atoms with Gasteiger partial charge in [0.25, 0.3) is 5.91 Å². The van der Waals surface area contributed by atoms with E-state index in [1.165, 1.54) is 11.1 Å². The topological polar surface area (TPSA) is 80.8 Å². The third-order valence-electron chi connectivity index (χ3n) is 6.56. The highest BCUT2D eigenvalue weighted by Gasteiger charge is 2.27. The van der Waals surface area contributed by atoms with Crippen molar-refractivity contribution in [2.24, 2.45) is 0 Å². The van der Waals surface area contributed by atoms with Crippen LogP contribution in [0, 0.1) is 13.8 Å². The molecule has 37 heavy (non-hydrogen) atoms. The SMILES string of the molecule is CCNCCNC(=O)CN(CC(=O)N(C)N1Cc2ccccc2C1)c1cc(-c2nc(C)cs2)ccc1C. The van der Waals surface area contributed by atoms with Crippen LogP contribution in [0.3, 0.4) is 0 Å². The van der Waals surface area contributed by atoms with E-state index in [-0.39, 0.29) is 24.9 Å². The summed E-state index contributed by atoms with van der Waals surface area (Å²) in [4.78, 5) is 32.9. The number of nitrogens with one attached hydrogen (secondary N) is 2. The first-order valence-electron chi connectivity index (χ1n) is 12.7. The van der Waals surface area contributed by atoms with Crippen molar-refractivity contribution in [3.8, 4) is 10.6 Å². The Bertz CT molecular complexity index is 1220. The summed E-state index contributed by atoms with van der Waals surface area (Å²) < 4.78 is 0. The van der Waals surface area contributed by atoms with Gasteiger partial charge >= 0.3 is 0 Å². The molecule has 0 saturated carbocycles. The zero-order valence-corrected chi connectivity index (χ0v) is 22.9. The highest BCUT2D eigenvalue weighted by molar-refractivity contribution is 7.13. The van der Waals surface area contributed by atoms with Gasteiger partial charge in [0.05, 0.1) is 13.1 Å². The molecule has 4 rings (SSSR count). The van der Waals surface area contributed by atoms with Gasteiger partial charge in [-0.3, -0.25) is 14.6 Å². The number of benzene rings is 2. The molecule has 1 aromatic heterocycles. The third kappa shape index (κ3) is 6.74. The van der Waals surface area contributed by atoms with Crippen molar-refractivity contribution in [3.05, 3.63) is 70.2 Å². The van der Waals surface area contributed by atoms with E-state index in [2.05, 4.69) is 27.8 Å². The van der Waals surface area contributed by atoms with Crippen LogP contribution >= 0.6 is 11.3 Å². The van der Waals surface area contributed by atoms with Gasteiger partial charge in [-0.1, -0.05) is 43.3 Å². The minimum Gasteiger partial charge on any atom is -0.353 e. The molecule has 2 amide bonds. The summed E-state index contributed by atoms with van der Waals surface area (Å²) >= 11 is 1.59. The summed E-state index contributed by atoms with van der Waals surface area (Å²) in [6.07, 6.45) is 0. The molecule has 0 bridgehead atoms. The van der Waals surface area contributed by atoms with Crippen LogP contribution in [0.5, 0.6) is 0 Å². The molecular formula is C28H36N6O2S. The Morgan fingerprint density at radius 1 is 1.05 bits per heavy atom. The number of carbonyl (C=O) groups excluding carboxylic acids is 2.